The van der Waals surface area contributed by atoms with Crippen LogP contribution in [0.1, 0.15) is 12.0 Å². The zero-order chi connectivity index (χ0) is 11.1. The lowest BCUT2D eigenvalue weighted by atomic mass is 9.94. The van der Waals surface area contributed by atoms with Crippen LogP contribution < -0.4 is 10.1 Å². The molecule has 0 unspecified atom stereocenters. The first kappa shape index (κ1) is 10.3. The molecule has 1 aliphatic heterocycles. The van der Waals surface area contributed by atoms with Crippen LogP contribution in [0.5, 0.6) is 5.75 Å². The van der Waals surface area contributed by atoms with Crippen LogP contribution in [0.15, 0.2) is 22.9 Å². The van der Waals surface area contributed by atoms with Crippen LogP contribution in [0.3, 0.4) is 0 Å². The Labute approximate surface area is 103 Å². The summed E-state index contributed by atoms with van der Waals surface area (Å²) in [5, 5.41) is 3.41. The predicted octanol–water partition coefficient (Wildman–Crippen LogP) is 2.23. The molecular formula is C12H13BrN2O. The first-order chi connectivity index (χ1) is 7.78. The number of hydrogen-bond acceptors (Lipinski definition) is 3. The summed E-state index contributed by atoms with van der Waals surface area (Å²) in [6.07, 6.45) is 5.38. The summed E-state index contributed by atoms with van der Waals surface area (Å²) in [5.74, 6) is 1.59. The molecule has 3 rings (SSSR count). The zero-order valence-electron chi connectivity index (χ0n) is 9.03. The van der Waals surface area contributed by atoms with Crippen LogP contribution in [-0.4, -0.2) is 24.7 Å². The zero-order valence-corrected chi connectivity index (χ0v) is 10.6. The second-order valence-corrected chi connectivity index (χ2v) is 5.06. The van der Waals surface area contributed by atoms with E-state index >= 15 is 0 Å². The van der Waals surface area contributed by atoms with E-state index in [9.17, 15) is 0 Å². The number of aromatic nitrogens is 1. The number of fused-ring (bicyclic) bond motifs is 1. The summed E-state index contributed by atoms with van der Waals surface area (Å²) in [7, 11) is 1.67. The fourth-order valence-electron chi connectivity index (χ4n) is 2.34. The largest absolute Gasteiger partial charge is 0.494 e. The van der Waals surface area contributed by atoms with E-state index < -0.39 is 0 Å². The first-order valence-corrected chi connectivity index (χ1v) is 6.21. The van der Waals surface area contributed by atoms with Gasteiger partial charge in [0.25, 0.3) is 0 Å². The maximum absolute atomic E-state index is 5.26. The van der Waals surface area contributed by atoms with Crippen LogP contribution in [0, 0.1) is 5.92 Å². The number of pyridine rings is 1. The minimum absolute atomic E-state index is 0.588. The number of ether oxygens (including phenoxy) is 1. The van der Waals surface area contributed by atoms with Crippen LogP contribution in [-0.2, 0) is 0 Å². The molecule has 1 saturated heterocycles. The molecule has 0 amide bonds. The van der Waals surface area contributed by atoms with Gasteiger partial charge in [0.2, 0.25) is 0 Å². The Morgan fingerprint density at radius 3 is 3.00 bits per heavy atom. The molecule has 0 saturated carbocycles. The second kappa shape index (κ2) is 3.86. The van der Waals surface area contributed by atoms with E-state index in [-0.39, 0.29) is 0 Å². The molecular weight excluding hydrogens is 268 g/mol. The smallest absolute Gasteiger partial charge is 0.152 e. The molecule has 1 aromatic rings. The van der Waals surface area contributed by atoms with Crippen molar-refractivity contribution in [3.05, 3.63) is 28.5 Å². The van der Waals surface area contributed by atoms with E-state index in [4.69, 9.17) is 4.74 Å². The Kier molecular flexibility index (Phi) is 2.48. The van der Waals surface area contributed by atoms with Crippen molar-refractivity contribution in [3.8, 4) is 5.75 Å². The third-order valence-corrected chi connectivity index (χ3v) is 3.98. The molecule has 2 atom stereocenters. The molecule has 3 nitrogen and oxygen atoms in total. The van der Waals surface area contributed by atoms with Crippen molar-refractivity contribution in [2.45, 2.75) is 12.5 Å². The number of methoxy groups -OCH3 is 1. The van der Waals surface area contributed by atoms with E-state index in [1.54, 1.807) is 7.11 Å². The lowest BCUT2D eigenvalue weighted by Gasteiger charge is -2.31. The van der Waals surface area contributed by atoms with Gasteiger partial charge in [0, 0.05) is 18.8 Å². The lowest BCUT2D eigenvalue weighted by Crippen LogP contribution is -2.49. The van der Waals surface area contributed by atoms with Gasteiger partial charge in [-0.3, -0.25) is 0 Å². The van der Waals surface area contributed by atoms with Crippen LogP contribution in [0.25, 0.3) is 5.57 Å². The highest BCUT2D eigenvalue weighted by atomic mass is 79.9. The maximum atomic E-state index is 5.26. The summed E-state index contributed by atoms with van der Waals surface area (Å²) in [5.41, 5.74) is 2.56. The standard InChI is InChI=1S/C12H13BrN2O/c1-16-11-4-8(5-15-12(11)13)7-2-9-6-14-10(9)3-7/h3-5,9-10,14H,2,6H2,1H3/t9-,10-/m1/s1. The summed E-state index contributed by atoms with van der Waals surface area (Å²) < 4.78 is 6.02. The topological polar surface area (TPSA) is 34.1 Å². The Bertz CT molecular complexity index is 458. The van der Waals surface area contributed by atoms with Crippen molar-refractivity contribution < 1.29 is 4.74 Å². The second-order valence-electron chi connectivity index (χ2n) is 4.31. The predicted molar refractivity (Wildman–Crippen MR) is 66.4 cm³/mol. The fraction of sp³-hybridized carbons (Fsp3) is 0.417. The van der Waals surface area contributed by atoms with Gasteiger partial charge in [-0.2, -0.15) is 0 Å². The van der Waals surface area contributed by atoms with Gasteiger partial charge < -0.3 is 10.1 Å². The van der Waals surface area contributed by atoms with Gasteiger partial charge in [0.1, 0.15) is 4.60 Å². The summed E-state index contributed by atoms with van der Waals surface area (Å²) in [4.78, 5) is 4.30. The van der Waals surface area contributed by atoms with Crippen LogP contribution in [0.2, 0.25) is 0 Å². The molecule has 0 bridgehead atoms. The first-order valence-electron chi connectivity index (χ1n) is 5.42. The van der Waals surface area contributed by atoms with Crippen LogP contribution in [0.4, 0.5) is 0 Å². The average Bonchev–Trinajstić information content (AvgIpc) is 2.56. The molecule has 1 aliphatic carbocycles. The minimum Gasteiger partial charge on any atom is -0.494 e. The van der Waals surface area contributed by atoms with Crippen molar-refractivity contribution >= 4 is 21.5 Å². The summed E-state index contributed by atoms with van der Waals surface area (Å²) >= 11 is 3.37. The number of allylic oxidation sites excluding steroid dienone is 1. The molecule has 84 valence electrons. The Balaban J connectivity index is 1.92. The van der Waals surface area contributed by atoms with Gasteiger partial charge in [-0.1, -0.05) is 6.08 Å². The summed E-state index contributed by atoms with van der Waals surface area (Å²) in [6, 6.07) is 2.64. The van der Waals surface area contributed by atoms with E-state index in [0.29, 0.717) is 6.04 Å². The SMILES string of the molecule is COc1cc(C2=C[C@H]3NC[C@H]3C2)cnc1Br. The van der Waals surface area contributed by atoms with Gasteiger partial charge in [0.15, 0.2) is 5.75 Å². The summed E-state index contributed by atoms with van der Waals surface area (Å²) in [6.45, 7) is 1.14. The number of rotatable bonds is 2. The molecule has 2 aliphatic rings. The number of nitrogens with zero attached hydrogens (tertiary/aromatic N) is 1. The van der Waals surface area contributed by atoms with E-state index in [1.807, 2.05) is 12.3 Å². The maximum Gasteiger partial charge on any atom is 0.152 e. The van der Waals surface area contributed by atoms with Crippen molar-refractivity contribution in [3.63, 3.8) is 0 Å². The molecule has 1 fully saturated rings. The molecule has 1 N–H and O–H groups in total. The monoisotopic (exact) mass is 280 g/mol. The third kappa shape index (κ3) is 1.57. The number of nitrogens with one attached hydrogen (secondary N) is 1. The molecule has 0 spiro atoms. The van der Waals surface area contributed by atoms with Gasteiger partial charge in [-0.25, -0.2) is 4.98 Å². The van der Waals surface area contributed by atoms with Gasteiger partial charge in [-0.05, 0) is 45.5 Å². The molecule has 0 aromatic carbocycles. The quantitative estimate of drug-likeness (QED) is 0.844. The van der Waals surface area contributed by atoms with Crippen molar-refractivity contribution in [1.82, 2.24) is 10.3 Å². The normalized spacial score (nSPS) is 27.0. The van der Waals surface area contributed by atoms with Gasteiger partial charge >= 0.3 is 0 Å². The van der Waals surface area contributed by atoms with E-state index in [0.717, 1.165) is 29.2 Å². The number of hydrogen-bond donors (Lipinski definition) is 1. The highest BCUT2D eigenvalue weighted by molar-refractivity contribution is 9.10. The Hall–Kier alpha value is -0.870. The highest BCUT2D eigenvalue weighted by Gasteiger charge is 2.34. The Morgan fingerprint density at radius 2 is 2.44 bits per heavy atom. The van der Waals surface area contributed by atoms with Gasteiger partial charge in [-0.15, -0.1) is 0 Å². The Morgan fingerprint density at radius 1 is 1.56 bits per heavy atom. The minimum atomic E-state index is 0.588. The average molecular weight is 281 g/mol. The number of halogens is 1. The lowest BCUT2D eigenvalue weighted by molar-refractivity contribution is 0.301. The van der Waals surface area contributed by atoms with Crippen molar-refractivity contribution in [2.75, 3.05) is 13.7 Å². The highest BCUT2D eigenvalue weighted by Crippen LogP contribution is 2.37. The van der Waals surface area contributed by atoms with Crippen molar-refractivity contribution in [1.29, 1.82) is 0 Å². The third-order valence-electron chi connectivity index (χ3n) is 3.38. The molecule has 2 heterocycles. The fourth-order valence-corrected chi connectivity index (χ4v) is 2.72. The molecule has 1 aromatic heterocycles. The van der Waals surface area contributed by atoms with Crippen molar-refractivity contribution in [2.24, 2.45) is 5.92 Å². The van der Waals surface area contributed by atoms with E-state index in [1.165, 1.54) is 11.1 Å². The van der Waals surface area contributed by atoms with Crippen LogP contribution >= 0.6 is 15.9 Å². The molecule has 4 heteroatoms. The van der Waals surface area contributed by atoms with Gasteiger partial charge in [0.05, 0.1) is 7.11 Å². The van der Waals surface area contributed by atoms with E-state index in [2.05, 4.69) is 32.3 Å². The molecule has 16 heavy (non-hydrogen) atoms. The molecule has 0 radical (unpaired) electrons.